The van der Waals surface area contributed by atoms with Crippen LogP contribution in [0.1, 0.15) is 5.56 Å². The second-order valence-electron chi connectivity index (χ2n) is 4.67. The number of rotatable bonds is 2. The molecule has 0 amide bonds. The molecule has 0 aliphatic rings. The minimum atomic E-state index is 0.723. The zero-order chi connectivity index (χ0) is 14.1. The van der Waals surface area contributed by atoms with Crippen molar-refractivity contribution in [3.05, 3.63) is 58.7 Å². The van der Waals surface area contributed by atoms with Gasteiger partial charge in [-0.15, -0.1) is 0 Å². The highest BCUT2D eigenvalue weighted by Gasteiger charge is 2.06. The molecule has 100 valence electrons. The van der Waals surface area contributed by atoms with E-state index >= 15 is 0 Å². The van der Waals surface area contributed by atoms with E-state index in [0.717, 1.165) is 32.4 Å². The van der Waals surface area contributed by atoms with Gasteiger partial charge in [-0.25, -0.2) is 0 Å². The van der Waals surface area contributed by atoms with E-state index in [1.165, 1.54) is 5.56 Å². The maximum atomic E-state index is 5.80. The van der Waals surface area contributed by atoms with Gasteiger partial charge in [0.15, 0.2) is 0 Å². The molecule has 0 saturated heterocycles. The van der Waals surface area contributed by atoms with Crippen LogP contribution in [0.5, 0.6) is 0 Å². The standard InChI is InChI=1S/C16H14BrN3/c1-10-13(17)3-2-4-14(10)20-15-7-8-19-16-9-11(18)5-6-12(15)16/h2-9H,18H2,1H3,(H,19,20). The Kier molecular flexibility index (Phi) is 3.32. The second-order valence-corrected chi connectivity index (χ2v) is 5.53. The molecule has 1 aromatic heterocycles. The van der Waals surface area contributed by atoms with Gasteiger partial charge in [-0.1, -0.05) is 22.0 Å². The van der Waals surface area contributed by atoms with Crippen LogP contribution in [0.4, 0.5) is 17.1 Å². The number of benzene rings is 2. The second kappa shape index (κ2) is 5.13. The highest BCUT2D eigenvalue weighted by Crippen LogP contribution is 2.30. The topological polar surface area (TPSA) is 50.9 Å². The van der Waals surface area contributed by atoms with Crippen LogP contribution in [-0.4, -0.2) is 4.98 Å². The van der Waals surface area contributed by atoms with Crippen LogP contribution in [0, 0.1) is 6.92 Å². The van der Waals surface area contributed by atoms with Crippen molar-refractivity contribution in [2.75, 3.05) is 11.1 Å². The van der Waals surface area contributed by atoms with E-state index in [0.29, 0.717) is 0 Å². The highest BCUT2D eigenvalue weighted by atomic mass is 79.9. The smallest absolute Gasteiger partial charge is 0.0743 e. The van der Waals surface area contributed by atoms with E-state index in [4.69, 9.17) is 5.73 Å². The Morgan fingerprint density at radius 3 is 2.80 bits per heavy atom. The average molecular weight is 328 g/mol. The van der Waals surface area contributed by atoms with Crippen molar-refractivity contribution in [3.8, 4) is 0 Å². The van der Waals surface area contributed by atoms with Crippen molar-refractivity contribution in [1.82, 2.24) is 4.98 Å². The summed E-state index contributed by atoms with van der Waals surface area (Å²) < 4.78 is 1.09. The Hall–Kier alpha value is -2.07. The summed E-state index contributed by atoms with van der Waals surface area (Å²) in [5.41, 5.74) is 10.7. The summed E-state index contributed by atoms with van der Waals surface area (Å²) in [7, 11) is 0. The van der Waals surface area contributed by atoms with Gasteiger partial charge in [0.2, 0.25) is 0 Å². The molecule has 3 nitrogen and oxygen atoms in total. The Morgan fingerprint density at radius 1 is 1.10 bits per heavy atom. The number of aromatic nitrogens is 1. The maximum Gasteiger partial charge on any atom is 0.0743 e. The highest BCUT2D eigenvalue weighted by molar-refractivity contribution is 9.10. The quantitative estimate of drug-likeness (QED) is 0.674. The third-order valence-electron chi connectivity index (χ3n) is 3.30. The predicted molar refractivity (Wildman–Crippen MR) is 88.3 cm³/mol. The van der Waals surface area contributed by atoms with Gasteiger partial charge in [-0.2, -0.15) is 0 Å². The molecule has 20 heavy (non-hydrogen) atoms. The lowest BCUT2D eigenvalue weighted by molar-refractivity contribution is 1.38. The number of nitrogens with zero attached hydrogens (tertiary/aromatic N) is 1. The van der Waals surface area contributed by atoms with Crippen molar-refractivity contribution in [3.63, 3.8) is 0 Å². The Labute approximate surface area is 126 Å². The molecular formula is C16H14BrN3. The van der Waals surface area contributed by atoms with E-state index in [2.05, 4.69) is 39.2 Å². The normalized spacial score (nSPS) is 10.7. The minimum absolute atomic E-state index is 0.723. The number of halogens is 1. The van der Waals surface area contributed by atoms with Gasteiger partial charge < -0.3 is 11.1 Å². The molecule has 3 N–H and O–H groups in total. The zero-order valence-electron chi connectivity index (χ0n) is 11.0. The number of hydrogen-bond donors (Lipinski definition) is 2. The van der Waals surface area contributed by atoms with E-state index < -0.39 is 0 Å². The molecule has 0 fully saturated rings. The molecule has 0 saturated carbocycles. The van der Waals surface area contributed by atoms with Gasteiger partial charge in [0.1, 0.15) is 0 Å². The van der Waals surface area contributed by atoms with Crippen LogP contribution in [0.15, 0.2) is 53.1 Å². The lowest BCUT2D eigenvalue weighted by Crippen LogP contribution is -1.96. The summed E-state index contributed by atoms with van der Waals surface area (Å²) >= 11 is 3.55. The molecule has 0 unspecified atom stereocenters. The van der Waals surface area contributed by atoms with Crippen LogP contribution in [0.3, 0.4) is 0 Å². The van der Waals surface area contributed by atoms with E-state index in [1.807, 2.05) is 36.4 Å². The third kappa shape index (κ3) is 2.34. The number of nitrogens with one attached hydrogen (secondary N) is 1. The first kappa shape index (κ1) is 12.9. The first-order chi connectivity index (χ1) is 9.65. The lowest BCUT2D eigenvalue weighted by Gasteiger charge is -2.13. The molecule has 0 bridgehead atoms. The average Bonchev–Trinajstić information content (AvgIpc) is 2.44. The number of nitrogens with two attached hydrogens (primary N) is 1. The molecule has 3 aromatic rings. The Morgan fingerprint density at radius 2 is 1.95 bits per heavy atom. The molecule has 0 aliphatic heterocycles. The predicted octanol–water partition coefficient (Wildman–Crippen LogP) is 4.63. The molecule has 4 heteroatoms. The SMILES string of the molecule is Cc1c(Br)cccc1Nc1ccnc2cc(N)ccc12. The summed E-state index contributed by atoms with van der Waals surface area (Å²) in [6.07, 6.45) is 1.79. The minimum Gasteiger partial charge on any atom is -0.399 e. The van der Waals surface area contributed by atoms with Crippen LogP contribution in [-0.2, 0) is 0 Å². The Balaban J connectivity index is 2.09. The fourth-order valence-electron chi connectivity index (χ4n) is 2.16. The monoisotopic (exact) mass is 327 g/mol. The first-order valence-electron chi connectivity index (χ1n) is 6.31. The third-order valence-corrected chi connectivity index (χ3v) is 4.16. The molecule has 1 heterocycles. The van der Waals surface area contributed by atoms with Gasteiger partial charge in [0.25, 0.3) is 0 Å². The number of nitrogen functional groups attached to an aromatic ring is 1. The van der Waals surface area contributed by atoms with Crippen LogP contribution in [0.25, 0.3) is 10.9 Å². The van der Waals surface area contributed by atoms with Crippen molar-refractivity contribution in [2.45, 2.75) is 6.92 Å². The largest absolute Gasteiger partial charge is 0.399 e. The summed E-state index contributed by atoms with van der Waals surface area (Å²) in [4.78, 5) is 4.36. The summed E-state index contributed by atoms with van der Waals surface area (Å²) in [5.74, 6) is 0. The summed E-state index contributed by atoms with van der Waals surface area (Å²) in [6.45, 7) is 2.08. The van der Waals surface area contributed by atoms with Gasteiger partial charge in [0.05, 0.1) is 5.52 Å². The van der Waals surface area contributed by atoms with Gasteiger partial charge in [-0.05, 0) is 48.9 Å². The molecule has 3 rings (SSSR count). The van der Waals surface area contributed by atoms with E-state index in [9.17, 15) is 0 Å². The fourth-order valence-corrected chi connectivity index (χ4v) is 2.53. The number of anilines is 3. The fraction of sp³-hybridized carbons (Fsp3) is 0.0625. The van der Waals surface area contributed by atoms with Crippen molar-refractivity contribution < 1.29 is 0 Å². The van der Waals surface area contributed by atoms with Crippen molar-refractivity contribution in [2.24, 2.45) is 0 Å². The molecule has 0 aliphatic carbocycles. The molecule has 0 atom stereocenters. The van der Waals surface area contributed by atoms with Gasteiger partial charge in [-0.3, -0.25) is 4.98 Å². The Bertz CT molecular complexity index is 784. The van der Waals surface area contributed by atoms with Crippen molar-refractivity contribution >= 4 is 43.9 Å². The van der Waals surface area contributed by atoms with Crippen LogP contribution in [0.2, 0.25) is 0 Å². The zero-order valence-corrected chi connectivity index (χ0v) is 12.6. The van der Waals surface area contributed by atoms with E-state index in [-0.39, 0.29) is 0 Å². The molecule has 0 spiro atoms. The number of fused-ring (bicyclic) bond motifs is 1. The van der Waals surface area contributed by atoms with Gasteiger partial charge >= 0.3 is 0 Å². The molecular weight excluding hydrogens is 314 g/mol. The van der Waals surface area contributed by atoms with Crippen molar-refractivity contribution in [1.29, 1.82) is 0 Å². The van der Waals surface area contributed by atoms with Crippen LogP contribution < -0.4 is 11.1 Å². The molecule has 0 radical (unpaired) electrons. The summed E-state index contributed by atoms with van der Waals surface area (Å²) in [6, 6.07) is 13.8. The molecule has 2 aromatic carbocycles. The number of hydrogen-bond acceptors (Lipinski definition) is 3. The maximum absolute atomic E-state index is 5.80. The first-order valence-corrected chi connectivity index (χ1v) is 7.11. The number of pyridine rings is 1. The van der Waals surface area contributed by atoms with Gasteiger partial charge in [0, 0.05) is 33.1 Å². The van der Waals surface area contributed by atoms with E-state index in [1.54, 1.807) is 6.20 Å². The van der Waals surface area contributed by atoms with Crippen LogP contribution >= 0.6 is 15.9 Å². The lowest BCUT2D eigenvalue weighted by atomic mass is 10.1. The summed E-state index contributed by atoms with van der Waals surface area (Å²) in [5, 5.41) is 4.52.